The highest BCUT2D eigenvalue weighted by atomic mass is 16.3. The van der Waals surface area contributed by atoms with Crippen LogP contribution in [-0.2, 0) is 0 Å². The number of aliphatic hydroxyl groups excluding tert-OH is 1. The zero-order valence-corrected chi connectivity index (χ0v) is 10.8. The van der Waals surface area contributed by atoms with Crippen LogP contribution in [-0.4, -0.2) is 23.7 Å². The van der Waals surface area contributed by atoms with Crippen molar-refractivity contribution in [2.75, 3.05) is 6.54 Å². The Labute approximate surface area is 108 Å². The summed E-state index contributed by atoms with van der Waals surface area (Å²) in [4.78, 5) is 11.4. The van der Waals surface area contributed by atoms with Crippen molar-refractivity contribution >= 4 is 6.03 Å². The summed E-state index contributed by atoms with van der Waals surface area (Å²) in [6.45, 7) is 7.54. The maximum atomic E-state index is 11.4. The molecular weight excluding hydrogens is 228 g/mol. The third-order valence-corrected chi connectivity index (χ3v) is 2.60. The van der Waals surface area contributed by atoms with Gasteiger partial charge in [0.2, 0.25) is 0 Å². The maximum absolute atomic E-state index is 11.4. The Morgan fingerprint density at radius 1 is 1.56 bits per heavy atom. The number of hydrogen-bond donors (Lipinski definition) is 3. The first-order valence-corrected chi connectivity index (χ1v) is 5.94. The molecule has 1 rings (SSSR count). The number of amides is 2. The van der Waals surface area contributed by atoms with Gasteiger partial charge in [-0.1, -0.05) is 35.9 Å². The zero-order valence-electron chi connectivity index (χ0n) is 10.8. The molecule has 0 saturated carbocycles. The van der Waals surface area contributed by atoms with E-state index in [1.165, 1.54) is 0 Å². The van der Waals surface area contributed by atoms with E-state index >= 15 is 0 Å². The monoisotopic (exact) mass is 248 g/mol. The van der Waals surface area contributed by atoms with Crippen LogP contribution in [0, 0.1) is 6.92 Å². The fourth-order valence-corrected chi connectivity index (χ4v) is 1.50. The number of rotatable bonds is 5. The van der Waals surface area contributed by atoms with Crippen molar-refractivity contribution in [3.8, 4) is 0 Å². The van der Waals surface area contributed by atoms with Gasteiger partial charge >= 0.3 is 6.03 Å². The van der Waals surface area contributed by atoms with E-state index in [4.69, 9.17) is 0 Å². The molecule has 98 valence electrons. The van der Waals surface area contributed by atoms with Gasteiger partial charge in [0, 0.05) is 12.6 Å². The highest BCUT2D eigenvalue weighted by Gasteiger charge is 2.10. The van der Waals surface area contributed by atoms with Gasteiger partial charge in [0.1, 0.15) is 0 Å². The van der Waals surface area contributed by atoms with E-state index < -0.39 is 6.10 Å². The Bertz CT molecular complexity index is 418. The third-order valence-electron chi connectivity index (χ3n) is 2.60. The van der Waals surface area contributed by atoms with Crippen molar-refractivity contribution in [1.29, 1.82) is 0 Å². The number of carbonyl (C=O) groups is 1. The van der Waals surface area contributed by atoms with Gasteiger partial charge in [0.05, 0.1) is 6.10 Å². The zero-order chi connectivity index (χ0) is 13.5. The maximum Gasteiger partial charge on any atom is 0.315 e. The number of urea groups is 1. The molecule has 3 N–H and O–H groups in total. The summed E-state index contributed by atoms with van der Waals surface area (Å²) in [5, 5.41) is 15.2. The van der Waals surface area contributed by atoms with Gasteiger partial charge in [-0.05, 0) is 19.4 Å². The summed E-state index contributed by atoms with van der Waals surface area (Å²) in [6, 6.07) is 7.17. The number of nitrogens with one attached hydrogen (secondary N) is 2. The van der Waals surface area contributed by atoms with E-state index in [1.54, 1.807) is 6.08 Å². The average molecular weight is 248 g/mol. The highest BCUT2D eigenvalue weighted by Crippen LogP contribution is 2.13. The van der Waals surface area contributed by atoms with Crippen LogP contribution in [0.3, 0.4) is 0 Å². The molecule has 2 amide bonds. The SMILES string of the molecule is C=CC(C)NC(=O)NCC(O)c1cccc(C)c1. The van der Waals surface area contributed by atoms with Crippen molar-refractivity contribution in [1.82, 2.24) is 10.6 Å². The summed E-state index contributed by atoms with van der Waals surface area (Å²) in [6.07, 6.45) is 0.936. The van der Waals surface area contributed by atoms with Gasteiger partial charge in [0.25, 0.3) is 0 Å². The Hall–Kier alpha value is -1.81. The number of benzene rings is 1. The first kappa shape index (κ1) is 14.3. The topological polar surface area (TPSA) is 61.4 Å². The quantitative estimate of drug-likeness (QED) is 0.697. The lowest BCUT2D eigenvalue weighted by Gasteiger charge is -2.15. The van der Waals surface area contributed by atoms with Crippen LogP contribution in [0.1, 0.15) is 24.2 Å². The number of carbonyl (C=O) groups excluding carboxylic acids is 1. The van der Waals surface area contributed by atoms with Crippen molar-refractivity contribution in [2.24, 2.45) is 0 Å². The molecule has 2 unspecified atom stereocenters. The molecule has 4 heteroatoms. The van der Waals surface area contributed by atoms with Gasteiger partial charge in [0.15, 0.2) is 0 Å². The minimum atomic E-state index is -0.699. The normalized spacial score (nSPS) is 13.5. The first-order chi connectivity index (χ1) is 8.52. The molecule has 0 heterocycles. The highest BCUT2D eigenvalue weighted by molar-refractivity contribution is 5.74. The van der Waals surface area contributed by atoms with Crippen molar-refractivity contribution < 1.29 is 9.90 Å². The van der Waals surface area contributed by atoms with Crippen LogP contribution in [0.5, 0.6) is 0 Å². The van der Waals surface area contributed by atoms with E-state index in [0.29, 0.717) is 0 Å². The van der Waals surface area contributed by atoms with E-state index in [0.717, 1.165) is 11.1 Å². The van der Waals surface area contributed by atoms with E-state index in [1.807, 2.05) is 38.1 Å². The van der Waals surface area contributed by atoms with E-state index in [2.05, 4.69) is 17.2 Å². The minimum absolute atomic E-state index is 0.0962. The molecule has 1 aromatic carbocycles. The first-order valence-electron chi connectivity index (χ1n) is 5.94. The third kappa shape index (κ3) is 4.59. The second-order valence-corrected chi connectivity index (χ2v) is 4.31. The molecule has 0 radical (unpaired) electrons. The fraction of sp³-hybridized carbons (Fsp3) is 0.357. The molecular formula is C14H20N2O2. The molecule has 0 aromatic heterocycles. The van der Waals surface area contributed by atoms with E-state index in [9.17, 15) is 9.90 Å². The van der Waals surface area contributed by atoms with Crippen LogP contribution in [0.2, 0.25) is 0 Å². The van der Waals surface area contributed by atoms with Crippen molar-refractivity contribution in [3.05, 3.63) is 48.0 Å². The Morgan fingerprint density at radius 3 is 2.89 bits per heavy atom. The smallest absolute Gasteiger partial charge is 0.315 e. The molecule has 4 nitrogen and oxygen atoms in total. The lowest BCUT2D eigenvalue weighted by Crippen LogP contribution is -2.41. The summed E-state index contributed by atoms with van der Waals surface area (Å²) in [5.74, 6) is 0. The standard InChI is InChI=1S/C14H20N2O2/c1-4-11(3)16-14(18)15-9-13(17)12-7-5-6-10(2)8-12/h4-8,11,13,17H,1,9H2,2-3H3,(H2,15,16,18). The lowest BCUT2D eigenvalue weighted by molar-refractivity contribution is 0.173. The summed E-state index contributed by atoms with van der Waals surface area (Å²) in [7, 11) is 0. The van der Waals surface area contributed by atoms with Gasteiger partial charge < -0.3 is 15.7 Å². The molecule has 2 atom stereocenters. The summed E-state index contributed by atoms with van der Waals surface area (Å²) >= 11 is 0. The Kier molecular flexibility index (Phi) is 5.39. The van der Waals surface area contributed by atoms with Crippen LogP contribution in [0.15, 0.2) is 36.9 Å². The van der Waals surface area contributed by atoms with Gasteiger partial charge in [-0.2, -0.15) is 0 Å². The number of aryl methyl sites for hydroxylation is 1. The van der Waals surface area contributed by atoms with Gasteiger partial charge in [-0.15, -0.1) is 6.58 Å². The van der Waals surface area contributed by atoms with Gasteiger partial charge in [-0.3, -0.25) is 0 Å². The average Bonchev–Trinajstić information content (AvgIpc) is 2.35. The Balaban J connectivity index is 2.44. The minimum Gasteiger partial charge on any atom is -0.387 e. The van der Waals surface area contributed by atoms with Crippen molar-refractivity contribution in [3.63, 3.8) is 0 Å². The predicted molar refractivity (Wildman–Crippen MR) is 72.3 cm³/mol. The van der Waals surface area contributed by atoms with Crippen LogP contribution in [0.4, 0.5) is 4.79 Å². The second-order valence-electron chi connectivity index (χ2n) is 4.31. The van der Waals surface area contributed by atoms with Crippen LogP contribution in [0.25, 0.3) is 0 Å². The number of hydrogen-bond acceptors (Lipinski definition) is 2. The predicted octanol–water partition coefficient (Wildman–Crippen LogP) is 1.90. The lowest BCUT2D eigenvalue weighted by atomic mass is 10.1. The molecule has 0 aliphatic rings. The van der Waals surface area contributed by atoms with Crippen LogP contribution < -0.4 is 10.6 Å². The number of aliphatic hydroxyl groups is 1. The second kappa shape index (κ2) is 6.81. The van der Waals surface area contributed by atoms with E-state index in [-0.39, 0.29) is 18.6 Å². The summed E-state index contributed by atoms with van der Waals surface area (Å²) < 4.78 is 0. The van der Waals surface area contributed by atoms with Crippen molar-refractivity contribution in [2.45, 2.75) is 26.0 Å². The fourth-order valence-electron chi connectivity index (χ4n) is 1.50. The molecule has 0 aliphatic heterocycles. The largest absolute Gasteiger partial charge is 0.387 e. The molecule has 0 aliphatic carbocycles. The molecule has 18 heavy (non-hydrogen) atoms. The molecule has 0 spiro atoms. The Morgan fingerprint density at radius 2 is 2.28 bits per heavy atom. The molecule has 0 bridgehead atoms. The molecule has 0 saturated heterocycles. The molecule has 1 aromatic rings. The van der Waals surface area contributed by atoms with Crippen LogP contribution >= 0.6 is 0 Å². The van der Waals surface area contributed by atoms with Gasteiger partial charge in [-0.25, -0.2) is 4.79 Å². The molecule has 0 fully saturated rings. The summed E-state index contributed by atoms with van der Waals surface area (Å²) in [5.41, 5.74) is 1.88.